The molecule has 3 heteroatoms. The zero-order valence-electron chi connectivity index (χ0n) is 8.19. The Labute approximate surface area is 83.7 Å². The van der Waals surface area contributed by atoms with Crippen LogP contribution in [0.1, 0.15) is 25.7 Å². The first-order valence-electron chi connectivity index (χ1n) is 5.15. The van der Waals surface area contributed by atoms with Gasteiger partial charge in [0.2, 0.25) is 0 Å². The molecule has 0 amide bonds. The average molecular weight is 193 g/mol. The minimum Gasteiger partial charge on any atom is -0.461 e. The Hall–Kier alpha value is -1.25. The van der Waals surface area contributed by atoms with Crippen molar-refractivity contribution in [2.24, 2.45) is 0 Å². The van der Waals surface area contributed by atoms with Crippen LogP contribution in [-0.2, 0) is 16.1 Å². The van der Waals surface area contributed by atoms with Gasteiger partial charge in [0, 0.05) is 12.4 Å². The fourth-order valence-corrected chi connectivity index (χ4v) is 1.85. The highest BCUT2D eigenvalue weighted by Gasteiger charge is 2.18. The van der Waals surface area contributed by atoms with Crippen LogP contribution in [0.5, 0.6) is 0 Å². The van der Waals surface area contributed by atoms with E-state index in [2.05, 4.69) is 0 Å². The Kier molecular flexibility index (Phi) is 2.87. The van der Waals surface area contributed by atoms with E-state index in [0.717, 1.165) is 12.8 Å². The van der Waals surface area contributed by atoms with E-state index >= 15 is 0 Å². The lowest BCUT2D eigenvalue weighted by molar-refractivity contribution is -0.149. The second-order valence-electron chi connectivity index (χ2n) is 3.75. The number of rotatable bonds is 3. The van der Waals surface area contributed by atoms with Crippen LogP contribution < -0.4 is 0 Å². The van der Waals surface area contributed by atoms with Gasteiger partial charge in [-0.15, -0.1) is 0 Å². The summed E-state index contributed by atoms with van der Waals surface area (Å²) in [5, 5.41) is 0. The molecule has 0 aliphatic heterocycles. The highest BCUT2D eigenvalue weighted by molar-refractivity contribution is 5.69. The first-order valence-corrected chi connectivity index (χ1v) is 5.15. The summed E-state index contributed by atoms with van der Waals surface area (Å²) >= 11 is 0. The second kappa shape index (κ2) is 4.31. The van der Waals surface area contributed by atoms with E-state index in [-0.39, 0.29) is 12.1 Å². The number of aromatic nitrogens is 1. The van der Waals surface area contributed by atoms with Crippen molar-refractivity contribution in [3.63, 3.8) is 0 Å². The Bertz CT molecular complexity index is 286. The molecule has 3 nitrogen and oxygen atoms in total. The molecule has 0 unspecified atom stereocenters. The van der Waals surface area contributed by atoms with Crippen molar-refractivity contribution < 1.29 is 9.53 Å². The molecule has 1 saturated carbocycles. The molecule has 1 aromatic heterocycles. The lowest BCUT2D eigenvalue weighted by atomic mass is 10.3. The summed E-state index contributed by atoms with van der Waals surface area (Å²) in [6, 6.07) is 3.81. The van der Waals surface area contributed by atoms with E-state index in [1.165, 1.54) is 12.8 Å². The molecule has 2 rings (SSSR count). The first kappa shape index (κ1) is 9.31. The molecule has 14 heavy (non-hydrogen) atoms. The lowest BCUT2D eigenvalue weighted by Gasteiger charge is -2.11. The molecule has 76 valence electrons. The number of esters is 1. The van der Waals surface area contributed by atoms with Gasteiger partial charge in [0.05, 0.1) is 0 Å². The van der Waals surface area contributed by atoms with Gasteiger partial charge in [-0.25, -0.2) is 0 Å². The molecule has 1 aliphatic rings. The Morgan fingerprint density at radius 2 is 1.93 bits per heavy atom. The van der Waals surface area contributed by atoms with E-state index in [9.17, 15) is 4.79 Å². The number of ether oxygens (including phenoxy) is 1. The third-order valence-electron chi connectivity index (χ3n) is 2.58. The first-order chi connectivity index (χ1) is 6.84. The summed E-state index contributed by atoms with van der Waals surface area (Å²) in [6.07, 6.45) is 8.39. The lowest BCUT2D eigenvalue weighted by Crippen LogP contribution is -2.18. The van der Waals surface area contributed by atoms with Crippen LogP contribution in [0.25, 0.3) is 0 Å². The maximum Gasteiger partial charge on any atom is 0.326 e. The van der Waals surface area contributed by atoms with Crippen molar-refractivity contribution in [3.05, 3.63) is 24.5 Å². The molecule has 1 aliphatic carbocycles. The quantitative estimate of drug-likeness (QED) is 0.687. The smallest absolute Gasteiger partial charge is 0.326 e. The van der Waals surface area contributed by atoms with E-state index in [1.54, 1.807) is 0 Å². The average Bonchev–Trinajstić information content (AvgIpc) is 2.76. The third-order valence-corrected chi connectivity index (χ3v) is 2.58. The van der Waals surface area contributed by atoms with Gasteiger partial charge in [0.1, 0.15) is 12.6 Å². The molecule has 1 fully saturated rings. The predicted molar refractivity (Wildman–Crippen MR) is 52.8 cm³/mol. The summed E-state index contributed by atoms with van der Waals surface area (Å²) in [4.78, 5) is 11.4. The fraction of sp³-hybridized carbons (Fsp3) is 0.545. The largest absolute Gasteiger partial charge is 0.461 e. The predicted octanol–water partition coefficient (Wildman–Crippen LogP) is 1.97. The van der Waals surface area contributed by atoms with Gasteiger partial charge in [0.15, 0.2) is 0 Å². The minimum absolute atomic E-state index is 0.117. The van der Waals surface area contributed by atoms with Gasteiger partial charge in [-0.2, -0.15) is 0 Å². The highest BCUT2D eigenvalue weighted by Crippen LogP contribution is 2.21. The van der Waals surface area contributed by atoms with E-state index in [4.69, 9.17) is 4.74 Å². The SMILES string of the molecule is O=C(Cn1cccc1)OC1CCCC1. The standard InChI is InChI=1S/C11H15NO2/c13-11(9-12-7-3-4-8-12)14-10-5-1-2-6-10/h3-4,7-8,10H,1-2,5-6,9H2. The van der Waals surface area contributed by atoms with Crippen molar-refractivity contribution in [1.82, 2.24) is 4.57 Å². The highest BCUT2D eigenvalue weighted by atomic mass is 16.5. The second-order valence-corrected chi connectivity index (χ2v) is 3.75. The van der Waals surface area contributed by atoms with Gasteiger partial charge >= 0.3 is 5.97 Å². The molecule has 0 spiro atoms. The molecule has 1 heterocycles. The van der Waals surface area contributed by atoms with Gasteiger partial charge in [-0.3, -0.25) is 4.79 Å². The number of hydrogen-bond acceptors (Lipinski definition) is 2. The van der Waals surface area contributed by atoms with Crippen molar-refractivity contribution in [2.75, 3.05) is 0 Å². The van der Waals surface area contributed by atoms with Crippen molar-refractivity contribution in [1.29, 1.82) is 0 Å². The molecule has 0 bridgehead atoms. The molecular formula is C11H15NO2. The number of hydrogen-bond donors (Lipinski definition) is 0. The maximum absolute atomic E-state index is 11.4. The molecular weight excluding hydrogens is 178 g/mol. The van der Waals surface area contributed by atoms with Crippen LogP contribution in [0.4, 0.5) is 0 Å². The van der Waals surface area contributed by atoms with E-state index in [0.29, 0.717) is 6.54 Å². The van der Waals surface area contributed by atoms with Gasteiger partial charge < -0.3 is 9.30 Å². The number of carbonyl (C=O) groups is 1. The molecule has 0 saturated heterocycles. The van der Waals surface area contributed by atoms with Crippen LogP contribution in [-0.4, -0.2) is 16.6 Å². The van der Waals surface area contributed by atoms with E-state index in [1.807, 2.05) is 29.1 Å². The third kappa shape index (κ3) is 2.37. The molecule has 0 aromatic carbocycles. The topological polar surface area (TPSA) is 31.2 Å². The summed E-state index contributed by atoms with van der Waals surface area (Å²) in [6.45, 7) is 0.337. The van der Waals surface area contributed by atoms with Gasteiger partial charge in [-0.05, 0) is 37.8 Å². The zero-order valence-corrected chi connectivity index (χ0v) is 8.19. The van der Waals surface area contributed by atoms with Crippen LogP contribution in [0, 0.1) is 0 Å². The van der Waals surface area contributed by atoms with Crippen LogP contribution in [0.15, 0.2) is 24.5 Å². The Morgan fingerprint density at radius 1 is 1.29 bits per heavy atom. The molecule has 0 radical (unpaired) electrons. The fourth-order valence-electron chi connectivity index (χ4n) is 1.85. The zero-order chi connectivity index (χ0) is 9.80. The van der Waals surface area contributed by atoms with Gasteiger partial charge in [-0.1, -0.05) is 0 Å². The number of nitrogens with zero attached hydrogens (tertiary/aromatic N) is 1. The summed E-state index contributed by atoms with van der Waals surface area (Å²) in [5.74, 6) is -0.117. The number of carbonyl (C=O) groups excluding carboxylic acids is 1. The molecule has 0 N–H and O–H groups in total. The summed E-state index contributed by atoms with van der Waals surface area (Å²) in [5.41, 5.74) is 0. The van der Waals surface area contributed by atoms with Gasteiger partial charge in [0.25, 0.3) is 0 Å². The van der Waals surface area contributed by atoms with Crippen LogP contribution >= 0.6 is 0 Å². The van der Waals surface area contributed by atoms with Crippen LogP contribution in [0.2, 0.25) is 0 Å². The minimum atomic E-state index is -0.117. The summed E-state index contributed by atoms with van der Waals surface area (Å²) < 4.78 is 7.16. The van der Waals surface area contributed by atoms with Crippen molar-refractivity contribution >= 4 is 5.97 Å². The molecule has 1 aromatic rings. The Morgan fingerprint density at radius 3 is 2.57 bits per heavy atom. The van der Waals surface area contributed by atoms with E-state index < -0.39 is 0 Å². The molecule has 0 atom stereocenters. The van der Waals surface area contributed by atoms with Crippen LogP contribution in [0.3, 0.4) is 0 Å². The summed E-state index contributed by atoms with van der Waals surface area (Å²) in [7, 11) is 0. The van der Waals surface area contributed by atoms with Crippen molar-refractivity contribution in [3.8, 4) is 0 Å². The Balaban J connectivity index is 1.78. The monoisotopic (exact) mass is 193 g/mol. The maximum atomic E-state index is 11.4. The normalized spacial score (nSPS) is 17.1. The van der Waals surface area contributed by atoms with Crippen molar-refractivity contribution in [2.45, 2.75) is 38.3 Å².